The Kier molecular flexibility index (Phi) is 6.34. The fraction of sp³-hybridized carbons (Fsp3) is 0.467. The fourth-order valence-corrected chi connectivity index (χ4v) is 3.26. The molecule has 21 heavy (non-hydrogen) atoms. The largest absolute Gasteiger partial charge is 0.310 e. The molecule has 4 nitrogen and oxygen atoms in total. The maximum absolute atomic E-state index is 13.9. The molecule has 0 heterocycles. The smallest absolute Gasteiger partial charge is 0.246 e. The summed E-state index contributed by atoms with van der Waals surface area (Å²) in [4.78, 5) is -0.331. The van der Waals surface area contributed by atoms with Gasteiger partial charge in [0.1, 0.15) is 10.7 Å². The first-order chi connectivity index (χ1) is 9.82. The first-order valence-electron chi connectivity index (χ1n) is 6.78. The van der Waals surface area contributed by atoms with Gasteiger partial charge >= 0.3 is 0 Å². The van der Waals surface area contributed by atoms with Crippen molar-refractivity contribution < 1.29 is 12.8 Å². The molecule has 0 saturated heterocycles. The lowest BCUT2D eigenvalue weighted by atomic mass is 10.2. The van der Waals surface area contributed by atoms with E-state index in [4.69, 9.17) is 6.42 Å². The van der Waals surface area contributed by atoms with E-state index in [1.165, 1.54) is 12.1 Å². The van der Waals surface area contributed by atoms with Crippen molar-refractivity contribution in [1.29, 1.82) is 0 Å². The summed E-state index contributed by atoms with van der Waals surface area (Å²) in [7, 11) is -3.92. The maximum Gasteiger partial charge on any atom is 0.246 e. The van der Waals surface area contributed by atoms with E-state index < -0.39 is 15.8 Å². The summed E-state index contributed by atoms with van der Waals surface area (Å²) in [6.45, 7) is 6.21. The molecule has 0 fully saturated rings. The summed E-state index contributed by atoms with van der Waals surface area (Å²) < 4.78 is 39.9. The van der Waals surface area contributed by atoms with Crippen molar-refractivity contribution in [2.45, 2.75) is 38.3 Å². The molecule has 0 saturated carbocycles. The van der Waals surface area contributed by atoms with E-state index in [2.05, 4.69) is 11.2 Å². The van der Waals surface area contributed by atoms with Crippen LogP contribution in [0.15, 0.2) is 23.1 Å². The Balaban J connectivity index is 3.16. The van der Waals surface area contributed by atoms with E-state index in [9.17, 15) is 12.8 Å². The highest BCUT2D eigenvalue weighted by Crippen LogP contribution is 2.20. The summed E-state index contributed by atoms with van der Waals surface area (Å²) in [6, 6.07) is 4.36. The highest BCUT2D eigenvalue weighted by molar-refractivity contribution is 7.89. The molecule has 1 aromatic carbocycles. The molecule has 0 spiro atoms. The number of nitrogens with zero attached hydrogens (tertiary/aromatic N) is 1. The van der Waals surface area contributed by atoms with Gasteiger partial charge in [0.05, 0.1) is 6.54 Å². The van der Waals surface area contributed by atoms with Gasteiger partial charge in [0, 0.05) is 19.1 Å². The van der Waals surface area contributed by atoms with E-state index in [0.717, 1.165) is 4.31 Å². The third-order valence-electron chi connectivity index (χ3n) is 2.95. The van der Waals surface area contributed by atoms with Gasteiger partial charge in [0.15, 0.2) is 0 Å². The lowest BCUT2D eigenvalue weighted by Gasteiger charge is -2.19. The van der Waals surface area contributed by atoms with Gasteiger partial charge in [0.2, 0.25) is 10.0 Å². The first kappa shape index (κ1) is 17.6. The van der Waals surface area contributed by atoms with Crippen molar-refractivity contribution >= 4 is 10.0 Å². The highest BCUT2D eigenvalue weighted by atomic mass is 32.2. The second-order valence-electron chi connectivity index (χ2n) is 4.94. The SMILES string of the molecule is C#CCN(CC)S(=O)(=O)c1cc(CNC(C)C)ccc1F. The van der Waals surface area contributed by atoms with Crippen LogP contribution < -0.4 is 5.32 Å². The van der Waals surface area contributed by atoms with Crippen LogP contribution in [0.2, 0.25) is 0 Å². The molecule has 116 valence electrons. The Morgan fingerprint density at radius 1 is 1.43 bits per heavy atom. The molecule has 1 rings (SSSR count). The minimum absolute atomic E-state index is 0.0766. The summed E-state index contributed by atoms with van der Waals surface area (Å²) in [6.07, 6.45) is 5.17. The number of sulfonamides is 1. The Hall–Kier alpha value is -1.42. The molecule has 0 aliphatic heterocycles. The number of rotatable bonds is 7. The van der Waals surface area contributed by atoms with Crippen LogP contribution in [0.1, 0.15) is 26.3 Å². The first-order valence-corrected chi connectivity index (χ1v) is 8.22. The lowest BCUT2D eigenvalue weighted by molar-refractivity contribution is 0.457. The molecule has 0 atom stereocenters. The number of halogens is 1. The van der Waals surface area contributed by atoms with E-state index in [-0.39, 0.29) is 24.0 Å². The normalized spacial score (nSPS) is 11.9. The van der Waals surface area contributed by atoms with Gasteiger partial charge in [-0.2, -0.15) is 4.31 Å². The van der Waals surface area contributed by atoms with Crippen LogP contribution in [-0.4, -0.2) is 31.9 Å². The number of terminal acetylenes is 1. The van der Waals surface area contributed by atoms with Crippen LogP contribution in [0.5, 0.6) is 0 Å². The average molecular weight is 312 g/mol. The van der Waals surface area contributed by atoms with Crippen molar-refractivity contribution in [2.75, 3.05) is 13.1 Å². The van der Waals surface area contributed by atoms with Gasteiger partial charge in [0.25, 0.3) is 0 Å². The van der Waals surface area contributed by atoms with Crippen LogP contribution in [0.4, 0.5) is 4.39 Å². The van der Waals surface area contributed by atoms with E-state index in [0.29, 0.717) is 12.1 Å². The molecule has 0 aliphatic carbocycles. The topological polar surface area (TPSA) is 49.4 Å². The maximum atomic E-state index is 13.9. The van der Waals surface area contributed by atoms with Gasteiger partial charge in [-0.15, -0.1) is 6.42 Å². The van der Waals surface area contributed by atoms with Gasteiger partial charge in [-0.25, -0.2) is 12.8 Å². The summed E-state index contributed by atoms with van der Waals surface area (Å²) >= 11 is 0. The second kappa shape index (κ2) is 7.55. The van der Waals surface area contributed by atoms with Gasteiger partial charge in [-0.05, 0) is 17.7 Å². The van der Waals surface area contributed by atoms with Crippen LogP contribution >= 0.6 is 0 Å². The molecule has 0 amide bonds. The summed E-state index contributed by atoms with van der Waals surface area (Å²) in [5, 5.41) is 3.17. The van der Waals surface area contributed by atoms with Crippen molar-refractivity contribution in [3.8, 4) is 12.3 Å². The number of nitrogens with one attached hydrogen (secondary N) is 1. The molecule has 0 aliphatic rings. The molecule has 1 aromatic rings. The number of hydrogen-bond acceptors (Lipinski definition) is 3. The zero-order chi connectivity index (χ0) is 16.0. The Morgan fingerprint density at radius 2 is 2.10 bits per heavy atom. The number of benzene rings is 1. The zero-order valence-electron chi connectivity index (χ0n) is 12.6. The average Bonchev–Trinajstić information content (AvgIpc) is 2.43. The predicted octanol–water partition coefficient (Wildman–Crippen LogP) is 1.97. The van der Waals surface area contributed by atoms with Crippen molar-refractivity contribution in [2.24, 2.45) is 0 Å². The fourth-order valence-electron chi connectivity index (χ4n) is 1.79. The van der Waals surface area contributed by atoms with E-state index in [1.54, 1.807) is 13.0 Å². The molecule has 0 radical (unpaired) electrons. The van der Waals surface area contributed by atoms with Crippen molar-refractivity contribution in [1.82, 2.24) is 9.62 Å². The minimum Gasteiger partial charge on any atom is -0.310 e. The van der Waals surface area contributed by atoms with Crippen LogP contribution in [0, 0.1) is 18.2 Å². The molecular weight excluding hydrogens is 291 g/mol. The standard InChI is InChI=1S/C15H21FN2O2S/c1-5-9-18(6-2)21(19,20)15-10-13(7-8-14(15)16)11-17-12(3)4/h1,7-8,10,12,17H,6,9,11H2,2-4H3. The molecule has 0 aromatic heterocycles. The number of hydrogen-bond donors (Lipinski definition) is 1. The monoisotopic (exact) mass is 312 g/mol. The third kappa shape index (κ3) is 4.53. The zero-order valence-corrected chi connectivity index (χ0v) is 13.4. The Bertz CT molecular complexity index is 621. The molecule has 6 heteroatoms. The Labute approximate surface area is 126 Å². The summed E-state index contributed by atoms with van der Waals surface area (Å²) in [5.41, 5.74) is 0.709. The molecule has 0 unspecified atom stereocenters. The van der Waals surface area contributed by atoms with Gasteiger partial charge in [-0.3, -0.25) is 0 Å². The van der Waals surface area contributed by atoms with Gasteiger partial charge in [-0.1, -0.05) is 32.8 Å². The van der Waals surface area contributed by atoms with Crippen LogP contribution in [-0.2, 0) is 16.6 Å². The quantitative estimate of drug-likeness (QED) is 0.783. The lowest BCUT2D eigenvalue weighted by Crippen LogP contribution is -2.32. The van der Waals surface area contributed by atoms with Crippen molar-refractivity contribution in [3.63, 3.8) is 0 Å². The third-order valence-corrected chi connectivity index (χ3v) is 4.88. The van der Waals surface area contributed by atoms with E-state index >= 15 is 0 Å². The van der Waals surface area contributed by atoms with E-state index in [1.807, 2.05) is 13.8 Å². The Morgan fingerprint density at radius 3 is 2.62 bits per heavy atom. The molecular formula is C15H21FN2O2S. The molecule has 1 N–H and O–H groups in total. The van der Waals surface area contributed by atoms with Crippen LogP contribution in [0.3, 0.4) is 0 Å². The summed E-state index contributed by atoms with van der Waals surface area (Å²) in [5.74, 6) is 1.52. The van der Waals surface area contributed by atoms with Crippen molar-refractivity contribution in [3.05, 3.63) is 29.6 Å². The predicted molar refractivity (Wildman–Crippen MR) is 81.6 cm³/mol. The minimum atomic E-state index is -3.92. The second-order valence-corrected chi connectivity index (χ2v) is 6.84. The van der Waals surface area contributed by atoms with Gasteiger partial charge < -0.3 is 5.32 Å². The highest BCUT2D eigenvalue weighted by Gasteiger charge is 2.26. The van der Waals surface area contributed by atoms with Crippen LogP contribution in [0.25, 0.3) is 0 Å². The molecule has 0 bridgehead atoms.